The average molecular weight is 437 g/mol. The van der Waals surface area contributed by atoms with Crippen molar-refractivity contribution in [1.82, 2.24) is 14.3 Å². The van der Waals surface area contributed by atoms with E-state index in [0.29, 0.717) is 38.3 Å². The Bertz CT molecular complexity index is 1140. The fourth-order valence-corrected chi connectivity index (χ4v) is 4.70. The molecule has 4 rings (SSSR count). The second-order valence-electron chi connectivity index (χ2n) is 7.45. The number of benzene rings is 2. The van der Waals surface area contributed by atoms with Gasteiger partial charge in [0, 0.05) is 29.5 Å². The molecule has 160 valence electrons. The van der Waals surface area contributed by atoms with E-state index in [9.17, 15) is 9.59 Å². The van der Waals surface area contributed by atoms with Crippen LogP contribution >= 0.6 is 11.8 Å². The Morgan fingerprint density at radius 3 is 2.61 bits per heavy atom. The molecule has 1 saturated heterocycles. The molecule has 1 aromatic heterocycles. The van der Waals surface area contributed by atoms with Crippen LogP contribution in [0.5, 0.6) is 0 Å². The van der Waals surface area contributed by atoms with Gasteiger partial charge in [-0.25, -0.2) is 4.79 Å². The van der Waals surface area contributed by atoms with Gasteiger partial charge in [0.2, 0.25) is 5.91 Å². The van der Waals surface area contributed by atoms with Gasteiger partial charge < -0.3 is 10.5 Å². The summed E-state index contributed by atoms with van der Waals surface area (Å²) < 4.78 is 8.30. The summed E-state index contributed by atoms with van der Waals surface area (Å²) in [5, 5.41) is 4.16. The molecule has 2 heterocycles. The molecule has 8 heteroatoms. The van der Waals surface area contributed by atoms with Gasteiger partial charge in [-0.15, -0.1) is 6.58 Å². The molecule has 0 saturated carbocycles. The van der Waals surface area contributed by atoms with E-state index in [1.54, 1.807) is 17.8 Å². The lowest BCUT2D eigenvalue weighted by molar-refractivity contribution is -0.127. The number of ether oxygens (including phenoxy) is 1. The Labute approximate surface area is 184 Å². The molecule has 2 aromatic carbocycles. The van der Waals surface area contributed by atoms with Gasteiger partial charge in [0.25, 0.3) is 0 Å². The molecule has 0 aliphatic carbocycles. The minimum atomic E-state index is -0.676. The smallest absolute Gasteiger partial charge is 0.350 e. The topological polar surface area (TPSA) is 92.1 Å². The third-order valence-corrected chi connectivity index (χ3v) is 6.58. The molecule has 2 N–H and O–H groups in total. The zero-order valence-corrected chi connectivity index (χ0v) is 17.9. The zero-order chi connectivity index (χ0) is 21.8. The summed E-state index contributed by atoms with van der Waals surface area (Å²) in [6, 6.07) is 15.6. The highest BCUT2D eigenvalue weighted by molar-refractivity contribution is 7.99. The van der Waals surface area contributed by atoms with Crippen molar-refractivity contribution in [2.75, 3.05) is 13.2 Å². The van der Waals surface area contributed by atoms with Crippen molar-refractivity contribution >= 4 is 17.7 Å². The molecule has 1 aliphatic rings. The molecule has 3 aromatic rings. The van der Waals surface area contributed by atoms with E-state index >= 15 is 0 Å². The Balaban J connectivity index is 1.55. The first kappa shape index (κ1) is 21.1. The quantitative estimate of drug-likeness (QED) is 0.575. The van der Waals surface area contributed by atoms with Crippen LogP contribution in [0.2, 0.25) is 0 Å². The van der Waals surface area contributed by atoms with Gasteiger partial charge in [0.05, 0.1) is 11.1 Å². The zero-order valence-electron chi connectivity index (χ0n) is 17.1. The molecular weight excluding hydrogens is 412 g/mol. The van der Waals surface area contributed by atoms with E-state index in [2.05, 4.69) is 11.7 Å². The van der Waals surface area contributed by atoms with Gasteiger partial charge in [0.1, 0.15) is 6.33 Å². The first-order valence-corrected chi connectivity index (χ1v) is 10.9. The highest BCUT2D eigenvalue weighted by atomic mass is 32.2. The van der Waals surface area contributed by atoms with E-state index in [1.165, 1.54) is 15.6 Å². The molecule has 31 heavy (non-hydrogen) atoms. The van der Waals surface area contributed by atoms with Gasteiger partial charge in [-0.1, -0.05) is 30.0 Å². The first-order valence-electron chi connectivity index (χ1n) is 10.1. The molecule has 0 spiro atoms. The van der Waals surface area contributed by atoms with Crippen molar-refractivity contribution in [3.63, 3.8) is 0 Å². The standard InChI is InChI=1S/C23H24N4O3S/c1-2-12-26-16-25-27(22(26)29)18-6-8-19(9-7-18)31-20-5-3-4-17(15-20)23(21(24)28)10-13-30-14-11-23/h2-9,15-16H,1,10-14H2,(H2,24,28). The van der Waals surface area contributed by atoms with Crippen molar-refractivity contribution in [3.05, 3.63) is 83.6 Å². The molecule has 1 aliphatic heterocycles. The van der Waals surface area contributed by atoms with Crippen LogP contribution < -0.4 is 11.4 Å². The molecule has 0 bridgehead atoms. The fraction of sp³-hybridized carbons (Fsp3) is 0.261. The highest BCUT2D eigenvalue weighted by Crippen LogP contribution is 2.37. The van der Waals surface area contributed by atoms with Crippen molar-refractivity contribution < 1.29 is 9.53 Å². The third-order valence-electron chi connectivity index (χ3n) is 5.58. The number of carbonyl (C=O) groups is 1. The first-order chi connectivity index (χ1) is 15.0. The Hall–Kier alpha value is -3.10. The number of rotatable bonds is 7. The summed E-state index contributed by atoms with van der Waals surface area (Å²) in [5.74, 6) is -0.302. The Morgan fingerprint density at radius 1 is 1.19 bits per heavy atom. The van der Waals surface area contributed by atoms with E-state index in [0.717, 1.165) is 15.4 Å². The van der Waals surface area contributed by atoms with Crippen molar-refractivity contribution in [2.45, 2.75) is 34.6 Å². The number of hydrogen-bond acceptors (Lipinski definition) is 5. The number of allylic oxidation sites excluding steroid dienone is 1. The summed E-state index contributed by atoms with van der Waals surface area (Å²) in [7, 11) is 0. The summed E-state index contributed by atoms with van der Waals surface area (Å²) in [6.07, 6.45) is 4.35. The predicted molar refractivity (Wildman–Crippen MR) is 120 cm³/mol. The summed E-state index contributed by atoms with van der Waals surface area (Å²) in [6.45, 7) is 5.13. The Morgan fingerprint density at radius 2 is 1.94 bits per heavy atom. The molecule has 0 radical (unpaired) electrons. The maximum Gasteiger partial charge on any atom is 0.350 e. The van der Waals surface area contributed by atoms with Gasteiger partial charge in [-0.2, -0.15) is 9.78 Å². The molecule has 1 amide bonds. The molecule has 7 nitrogen and oxygen atoms in total. The minimum Gasteiger partial charge on any atom is -0.381 e. The van der Waals surface area contributed by atoms with Crippen LogP contribution in [-0.2, 0) is 21.5 Å². The van der Waals surface area contributed by atoms with Crippen molar-refractivity contribution in [3.8, 4) is 5.69 Å². The SMILES string of the molecule is C=CCn1cnn(-c2ccc(Sc3cccc(C4(C(N)=O)CCOCC4)c3)cc2)c1=O. The number of primary amides is 1. The van der Waals surface area contributed by atoms with Crippen molar-refractivity contribution in [2.24, 2.45) is 5.73 Å². The molecular formula is C23H24N4O3S. The number of amides is 1. The van der Waals surface area contributed by atoms with Crippen LogP contribution in [0.15, 0.2) is 82.1 Å². The third kappa shape index (κ3) is 4.22. The largest absolute Gasteiger partial charge is 0.381 e. The van der Waals surface area contributed by atoms with Gasteiger partial charge in [0.15, 0.2) is 0 Å². The number of nitrogens with zero attached hydrogens (tertiary/aromatic N) is 3. The fourth-order valence-electron chi connectivity index (χ4n) is 3.82. The molecule has 1 fully saturated rings. The van der Waals surface area contributed by atoms with Crippen LogP contribution in [-0.4, -0.2) is 33.5 Å². The lowest BCUT2D eigenvalue weighted by Crippen LogP contribution is -2.45. The summed E-state index contributed by atoms with van der Waals surface area (Å²) in [4.78, 5) is 26.7. The van der Waals surface area contributed by atoms with Crippen LogP contribution in [0.25, 0.3) is 5.69 Å². The lowest BCUT2D eigenvalue weighted by Gasteiger charge is -2.34. The second-order valence-corrected chi connectivity index (χ2v) is 8.60. The van der Waals surface area contributed by atoms with E-state index in [4.69, 9.17) is 10.5 Å². The predicted octanol–water partition coefficient (Wildman–Crippen LogP) is 2.90. The maximum atomic E-state index is 12.4. The average Bonchev–Trinajstić information content (AvgIpc) is 3.15. The highest BCUT2D eigenvalue weighted by Gasteiger charge is 2.40. The van der Waals surface area contributed by atoms with Gasteiger partial charge in [-0.05, 0) is 54.8 Å². The summed E-state index contributed by atoms with van der Waals surface area (Å²) >= 11 is 1.59. The molecule has 0 unspecified atom stereocenters. The van der Waals surface area contributed by atoms with Crippen LogP contribution in [0.4, 0.5) is 0 Å². The maximum absolute atomic E-state index is 12.4. The number of carbonyl (C=O) groups excluding carboxylic acids is 1. The van der Waals surface area contributed by atoms with Crippen molar-refractivity contribution in [1.29, 1.82) is 0 Å². The van der Waals surface area contributed by atoms with Gasteiger partial charge >= 0.3 is 5.69 Å². The van der Waals surface area contributed by atoms with E-state index < -0.39 is 5.41 Å². The summed E-state index contributed by atoms with van der Waals surface area (Å²) in [5.41, 5.74) is 6.55. The normalized spacial score (nSPS) is 15.5. The monoisotopic (exact) mass is 436 g/mol. The molecule has 0 atom stereocenters. The van der Waals surface area contributed by atoms with E-state index in [-0.39, 0.29) is 11.6 Å². The number of hydrogen-bond donors (Lipinski definition) is 1. The number of aromatic nitrogens is 3. The minimum absolute atomic E-state index is 0.207. The van der Waals surface area contributed by atoms with Crippen LogP contribution in [0, 0.1) is 0 Å². The lowest BCUT2D eigenvalue weighted by atomic mass is 9.73. The van der Waals surface area contributed by atoms with Gasteiger partial charge in [-0.3, -0.25) is 9.36 Å². The van der Waals surface area contributed by atoms with E-state index in [1.807, 2.05) is 48.5 Å². The second kappa shape index (κ2) is 8.95. The van der Waals surface area contributed by atoms with Crippen LogP contribution in [0.1, 0.15) is 18.4 Å². The number of nitrogens with two attached hydrogens (primary N) is 1. The van der Waals surface area contributed by atoms with Crippen LogP contribution in [0.3, 0.4) is 0 Å². The Kier molecular flexibility index (Phi) is 6.11.